The second-order valence-electron chi connectivity index (χ2n) is 6.09. The molecule has 0 bridgehead atoms. The lowest BCUT2D eigenvalue weighted by Gasteiger charge is -2.26. The van der Waals surface area contributed by atoms with Crippen molar-refractivity contribution in [1.82, 2.24) is 5.32 Å². The van der Waals surface area contributed by atoms with Gasteiger partial charge in [0.2, 0.25) is 5.91 Å². The highest BCUT2D eigenvalue weighted by molar-refractivity contribution is 5.86. The van der Waals surface area contributed by atoms with E-state index in [1.54, 1.807) is 0 Å². The highest BCUT2D eigenvalue weighted by atomic mass is 16.2. The van der Waals surface area contributed by atoms with E-state index in [1.165, 1.54) is 12.8 Å². The summed E-state index contributed by atoms with van der Waals surface area (Å²) in [7, 11) is 0. The van der Waals surface area contributed by atoms with Crippen molar-refractivity contribution in [3.63, 3.8) is 0 Å². The molecular weight excluding hydrogens is 224 g/mol. The fourth-order valence-electron chi connectivity index (χ4n) is 3.70. The number of amides is 1. The molecule has 0 spiro atoms. The van der Waals surface area contributed by atoms with Gasteiger partial charge < -0.3 is 5.32 Å². The number of nitrogens with zero attached hydrogens (tertiary/aromatic N) is 1. The molecule has 3 unspecified atom stereocenters. The average Bonchev–Trinajstić information content (AvgIpc) is 2.98. The molecule has 3 atom stereocenters. The molecule has 0 aromatic heterocycles. The third-order valence-corrected chi connectivity index (χ3v) is 5.17. The van der Waals surface area contributed by atoms with Crippen LogP contribution in [0.3, 0.4) is 0 Å². The maximum atomic E-state index is 12.4. The van der Waals surface area contributed by atoms with Gasteiger partial charge >= 0.3 is 0 Å². The summed E-state index contributed by atoms with van der Waals surface area (Å²) in [6, 6.07) is 2.56. The zero-order valence-electron chi connectivity index (χ0n) is 11.5. The van der Waals surface area contributed by atoms with E-state index in [1.807, 2.05) is 0 Å². The highest BCUT2D eigenvalue weighted by Crippen LogP contribution is 2.39. The molecule has 0 heterocycles. The molecule has 0 aromatic rings. The first kappa shape index (κ1) is 13.4. The third kappa shape index (κ3) is 2.25. The van der Waals surface area contributed by atoms with E-state index in [9.17, 15) is 10.1 Å². The minimum absolute atomic E-state index is 0.00361. The van der Waals surface area contributed by atoms with E-state index in [0.717, 1.165) is 38.0 Å². The van der Waals surface area contributed by atoms with Crippen LogP contribution in [0.15, 0.2) is 0 Å². The lowest BCUT2D eigenvalue weighted by molar-refractivity contribution is -0.129. The van der Waals surface area contributed by atoms with Gasteiger partial charge in [-0.15, -0.1) is 0 Å². The van der Waals surface area contributed by atoms with Crippen molar-refractivity contribution in [3.8, 4) is 6.07 Å². The molecule has 1 amide bonds. The van der Waals surface area contributed by atoms with E-state index in [-0.39, 0.29) is 11.9 Å². The standard InChI is InChI=1S/C15H24N2O/c1-3-12-6-7-13(11(12)2)17-14(18)15(10-16)8-4-5-9-15/h11-13H,3-9H2,1-2H3,(H,17,18). The van der Waals surface area contributed by atoms with Crippen molar-refractivity contribution in [1.29, 1.82) is 5.26 Å². The summed E-state index contributed by atoms with van der Waals surface area (Å²) in [5, 5.41) is 12.5. The van der Waals surface area contributed by atoms with Gasteiger partial charge in [0.1, 0.15) is 5.41 Å². The largest absolute Gasteiger partial charge is 0.352 e. The molecule has 2 aliphatic carbocycles. The topological polar surface area (TPSA) is 52.9 Å². The monoisotopic (exact) mass is 248 g/mol. The predicted molar refractivity (Wildman–Crippen MR) is 70.6 cm³/mol. The molecule has 0 aromatic carbocycles. The van der Waals surface area contributed by atoms with E-state index < -0.39 is 5.41 Å². The van der Waals surface area contributed by atoms with Gasteiger partial charge in [0.05, 0.1) is 6.07 Å². The lowest BCUT2D eigenvalue weighted by atomic mass is 9.86. The number of carbonyl (C=O) groups excluding carboxylic acids is 1. The van der Waals surface area contributed by atoms with E-state index in [4.69, 9.17) is 0 Å². The Morgan fingerprint density at radius 2 is 2.06 bits per heavy atom. The molecule has 0 radical (unpaired) electrons. The molecule has 100 valence electrons. The zero-order valence-corrected chi connectivity index (χ0v) is 11.5. The van der Waals surface area contributed by atoms with Crippen LogP contribution in [0.2, 0.25) is 0 Å². The summed E-state index contributed by atoms with van der Waals surface area (Å²) in [4.78, 5) is 12.4. The van der Waals surface area contributed by atoms with Gasteiger partial charge in [0, 0.05) is 6.04 Å². The van der Waals surface area contributed by atoms with Crippen molar-refractivity contribution in [2.24, 2.45) is 17.3 Å². The fraction of sp³-hybridized carbons (Fsp3) is 0.867. The SMILES string of the molecule is CCC1CCC(NC(=O)C2(C#N)CCCC2)C1C. The van der Waals surface area contributed by atoms with Crippen LogP contribution in [0.4, 0.5) is 0 Å². The first-order valence-corrected chi connectivity index (χ1v) is 7.35. The molecule has 2 fully saturated rings. The molecule has 2 rings (SSSR count). The zero-order chi connectivity index (χ0) is 13.2. The van der Waals surface area contributed by atoms with Crippen LogP contribution >= 0.6 is 0 Å². The Bertz CT molecular complexity index is 352. The number of rotatable bonds is 3. The Kier molecular flexibility index (Phi) is 3.94. The van der Waals surface area contributed by atoms with Crippen LogP contribution in [0.1, 0.15) is 58.8 Å². The van der Waals surface area contributed by atoms with E-state index in [0.29, 0.717) is 5.92 Å². The molecule has 3 heteroatoms. The van der Waals surface area contributed by atoms with Crippen LogP contribution in [0, 0.1) is 28.6 Å². The molecule has 2 saturated carbocycles. The van der Waals surface area contributed by atoms with Crippen molar-refractivity contribution < 1.29 is 4.79 Å². The van der Waals surface area contributed by atoms with Crippen LogP contribution in [0.5, 0.6) is 0 Å². The summed E-state index contributed by atoms with van der Waals surface area (Å²) in [5.41, 5.74) is -0.718. The lowest BCUT2D eigenvalue weighted by Crippen LogP contribution is -2.45. The molecule has 18 heavy (non-hydrogen) atoms. The Labute approximate surface area is 110 Å². The minimum Gasteiger partial charge on any atom is -0.352 e. The summed E-state index contributed by atoms with van der Waals surface area (Å²) in [6.07, 6.45) is 6.99. The van der Waals surface area contributed by atoms with Crippen molar-refractivity contribution in [2.45, 2.75) is 64.8 Å². The Hall–Kier alpha value is -1.04. The van der Waals surface area contributed by atoms with E-state index >= 15 is 0 Å². The van der Waals surface area contributed by atoms with Crippen molar-refractivity contribution in [2.75, 3.05) is 0 Å². The van der Waals surface area contributed by atoms with Gasteiger partial charge in [-0.05, 0) is 37.5 Å². The van der Waals surface area contributed by atoms with Gasteiger partial charge in [-0.1, -0.05) is 33.1 Å². The molecule has 2 aliphatic rings. The normalized spacial score (nSPS) is 34.2. The quantitative estimate of drug-likeness (QED) is 0.834. The molecule has 1 N–H and O–H groups in total. The minimum atomic E-state index is -0.718. The van der Waals surface area contributed by atoms with E-state index in [2.05, 4.69) is 25.2 Å². The van der Waals surface area contributed by atoms with Crippen molar-refractivity contribution >= 4 is 5.91 Å². The number of carbonyl (C=O) groups is 1. The summed E-state index contributed by atoms with van der Waals surface area (Å²) in [6.45, 7) is 4.46. The average molecular weight is 248 g/mol. The second-order valence-corrected chi connectivity index (χ2v) is 6.09. The first-order chi connectivity index (χ1) is 8.63. The Morgan fingerprint density at radius 1 is 1.39 bits per heavy atom. The van der Waals surface area contributed by atoms with Gasteiger partial charge in [0.25, 0.3) is 0 Å². The summed E-state index contributed by atoms with van der Waals surface area (Å²) < 4.78 is 0. The predicted octanol–water partition coefficient (Wildman–Crippen LogP) is 3.01. The van der Waals surface area contributed by atoms with Gasteiger partial charge in [0.15, 0.2) is 0 Å². The Morgan fingerprint density at radius 3 is 2.56 bits per heavy atom. The molecular formula is C15H24N2O. The maximum Gasteiger partial charge on any atom is 0.240 e. The molecule has 3 nitrogen and oxygen atoms in total. The van der Waals surface area contributed by atoms with Crippen molar-refractivity contribution in [3.05, 3.63) is 0 Å². The maximum absolute atomic E-state index is 12.4. The van der Waals surface area contributed by atoms with Crippen LogP contribution in [-0.2, 0) is 4.79 Å². The van der Waals surface area contributed by atoms with Crippen LogP contribution in [0.25, 0.3) is 0 Å². The second kappa shape index (κ2) is 5.30. The number of nitriles is 1. The molecule has 0 aliphatic heterocycles. The Balaban J connectivity index is 1.98. The smallest absolute Gasteiger partial charge is 0.240 e. The number of hydrogen-bond donors (Lipinski definition) is 1. The van der Waals surface area contributed by atoms with Gasteiger partial charge in [-0.25, -0.2) is 0 Å². The van der Waals surface area contributed by atoms with Crippen LogP contribution in [-0.4, -0.2) is 11.9 Å². The molecule has 0 saturated heterocycles. The summed E-state index contributed by atoms with van der Waals surface area (Å²) >= 11 is 0. The van der Waals surface area contributed by atoms with Gasteiger partial charge in [-0.2, -0.15) is 5.26 Å². The first-order valence-electron chi connectivity index (χ1n) is 7.35. The number of hydrogen-bond acceptors (Lipinski definition) is 2. The third-order valence-electron chi connectivity index (χ3n) is 5.17. The van der Waals surface area contributed by atoms with Gasteiger partial charge in [-0.3, -0.25) is 4.79 Å². The summed E-state index contributed by atoms with van der Waals surface area (Å²) in [5.74, 6) is 1.28. The number of nitrogens with one attached hydrogen (secondary N) is 1. The highest BCUT2D eigenvalue weighted by Gasteiger charge is 2.43. The van der Waals surface area contributed by atoms with Crippen LogP contribution < -0.4 is 5.32 Å². The fourth-order valence-corrected chi connectivity index (χ4v) is 3.70.